The maximum absolute atomic E-state index is 12.0. The van der Waals surface area contributed by atoms with E-state index in [0.29, 0.717) is 15.8 Å². The van der Waals surface area contributed by atoms with E-state index in [9.17, 15) is 13.7 Å². The van der Waals surface area contributed by atoms with E-state index in [1.54, 1.807) is 42.5 Å². The molecular weight excluding hydrogens is 423 g/mol. The maximum atomic E-state index is 12.0. The Balaban J connectivity index is 2.11. The summed E-state index contributed by atoms with van der Waals surface area (Å²) in [4.78, 5) is -0.359. The molecule has 3 aromatic rings. The molecule has 0 aromatic heterocycles. The average Bonchev–Trinajstić information content (AvgIpc) is 2.61. The Morgan fingerprint density at radius 2 is 1.39 bits per heavy atom. The number of benzene rings is 3. The van der Waals surface area contributed by atoms with Crippen LogP contribution in [-0.2, 0) is 10.0 Å². The van der Waals surface area contributed by atoms with E-state index in [1.807, 2.05) is 6.07 Å². The van der Waals surface area contributed by atoms with Crippen molar-refractivity contribution in [2.24, 2.45) is 5.14 Å². The van der Waals surface area contributed by atoms with E-state index in [1.165, 1.54) is 12.1 Å². The number of nitrogens with zero attached hydrogens (tertiary/aromatic N) is 1. The third-order valence-corrected chi connectivity index (χ3v) is 4.92. The van der Waals surface area contributed by atoms with Crippen molar-refractivity contribution in [1.82, 2.24) is 0 Å². The summed E-state index contributed by atoms with van der Waals surface area (Å²) in [5.74, 6) is 0.617. The quantitative estimate of drug-likeness (QED) is 0.601. The van der Waals surface area contributed by atoms with E-state index >= 15 is 0 Å². The highest BCUT2D eigenvalue weighted by Gasteiger charge is 2.21. The lowest BCUT2D eigenvalue weighted by molar-refractivity contribution is 0.449. The van der Waals surface area contributed by atoms with Gasteiger partial charge in [-0.25, -0.2) is 13.6 Å². The molecule has 0 heterocycles. The summed E-state index contributed by atoms with van der Waals surface area (Å²) in [7, 11) is -4.18. The Kier molecular flexibility index (Phi) is 5.77. The Hall–Kier alpha value is -2.76. The highest BCUT2D eigenvalue weighted by molar-refractivity contribution is 7.89. The van der Waals surface area contributed by atoms with Crippen molar-refractivity contribution < 1.29 is 17.9 Å². The van der Waals surface area contributed by atoms with Gasteiger partial charge in [0.15, 0.2) is 5.75 Å². The first-order valence-corrected chi connectivity index (χ1v) is 10.0. The number of ether oxygens (including phenoxy) is 2. The molecule has 0 aliphatic heterocycles. The first kappa shape index (κ1) is 20.0. The second kappa shape index (κ2) is 8.09. The average molecular weight is 435 g/mol. The minimum Gasteiger partial charge on any atom is -0.456 e. The minimum absolute atomic E-state index is 0.0394. The van der Waals surface area contributed by atoms with E-state index in [0.717, 1.165) is 6.07 Å². The number of nitrogens with two attached hydrogens (primary N) is 1. The van der Waals surface area contributed by atoms with Gasteiger partial charge in [0.25, 0.3) is 0 Å². The van der Waals surface area contributed by atoms with Gasteiger partial charge in [-0.15, -0.1) is 0 Å². The van der Waals surface area contributed by atoms with Crippen LogP contribution in [0.5, 0.6) is 23.0 Å². The summed E-state index contributed by atoms with van der Waals surface area (Å²) >= 11 is 11.9. The summed E-state index contributed by atoms with van der Waals surface area (Å²) < 4.78 is 35.4. The van der Waals surface area contributed by atoms with Crippen LogP contribution in [0.4, 0.5) is 0 Å². The number of hydrogen-bond donors (Lipinski definition) is 1. The second-order valence-corrected chi connectivity index (χ2v) is 7.97. The van der Waals surface area contributed by atoms with Gasteiger partial charge in [0.05, 0.1) is 5.56 Å². The van der Waals surface area contributed by atoms with Gasteiger partial charge in [-0.05, 0) is 42.5 Å². The molecule has 0 amide bonds. The lowest BCUT2D eigenvalue weighted by atomic mass is 10.2. The van der Waals surface area contributed by atoms with Crippen LogP contribution >= 0.6 is 23.2 Å². The number of nitriles is 1. The fourth-order valence-corrected chi connectivity index (χ4v) is 3.35. The monoisotopic (exact) mass is 434 g/mol. The van der Waals surface area contributed by atoms with Crippen LogP contribution in [0.25, 0.3) is 0 Å². The van der Waals surface area contributed by atoms with E-state index < -0.39 is 10.0 Å². The van der Waals surface area contributed by atoms with Crippen LogP contribution in [0.15, 0.2) is 65.6 Å². The van der Waals surface area contributed by atoms with Crippen molar-refractivity contribution >= 4 is 33.2 Å². The van der Waals surface area contributed by atoms with E-state index in [4.69, 9.17) is 37.8 Å². The molecule has 9 heteroatoms. The van der Waals surface area contributed by atoms with Crippen LogP contribution < -0.4 is 14.6 Å². The zero-order valence-corrected chi connectivity index (χ0v) is 16.4. The Morgan fingerprint density at radius 3 is 1.86 bits per heavy atom. The highest BCUT2D eigenvalue weighted by Crippen LogP contribution is 2.37. The Labute approximate surface area is 171 Å². The molecule has 2 N–H and O–H groups in total. The molecule has 0 saturated carbocycles. The zero-order valence-electron chi connectivity index (χ0n) is 14.1. The maximum Gasteiger partial charge on any atom is 0.241 e. The van der Waals surface area contributed by atoms with Gasteiger partial charge in [-0.1, -0.05) is 35.3 Å². The second-order valence-electron chi connectivity index (χ2n) is 5.57. The molecule has 28 heavy (non-hydrogen) atoms. The van der Waals surface area contributed by atoms with Crippen LogP contribution in [0.2, 0.25) is 10.0 Å². The Bertz CT molecular complexity index is 1190. The van der Waals surface area contributed by atoms with Crippen molar-refractivity contribution in [2.45, 2.75) is 4.90 Å². The number of sulfonamides is 1. The zero-order chi connectivity index (χ0) is 20.3. The molecule has 0 unspecified atom stereocenters. The fourth-order valence-electron chi connectivity index (χ4n) is 2.33. The molecule has 0 aliphatic rings. The van der Waals surface area contributed by atoms with Crippen LogP contribution in [0, 0.1) is 11.3 Å². The van der Waals surface area contributed by atoms with Gasteiger partial charge >= 0.3 is 0 Å². The summed E-state index contributed by atoms with van der Waals surface area (Å²) in [6.45, 7) is 0. The van der Waals surface area contributed by atoms with Gasteiger partial charge in [0.1, 0.15) is 28.2 Å². The Morgan fingerprint density at radius 1 is 0.857 bits per heavy atom. The third kappa shape index (κ3) is 4.74. The van der Waals surface area contributed by atoms with Crippen molar-refractivity contribution in [3.05, 3.63) is 76.3 Å². The summed E-state index contributed by atoms with van der Waals surface area (Å²) in [5.41, 5.74) is -0.0394. The van der Waals surface area contributed by atoms with Crippen molar-refractivity contribution in [3.63, 3.8) is 0 Å². The molecule has 142 valence electrons. The van der Waals surface area contributed by atoms with Gasteiger partial charge < -0.3 is 9.47 Å². The molecule has 0 spiro atoms. The molecule has 0 bridgehead atoms. The molecule has 0 saturated heterocycles. The summed E-state index contributed by atoms with van der Waals surface area (Å²) in [6, 6.07) is 17.2. The molecule has 0 atom stereocenters. The molecule has 3 aromatic carbocycles. The summed E-state index contributed by atoms with van der Waals surface area (Å²) in [5, 5.41) is 15.5. The van der Waals surface area contributed by atoms with Gasteiger partial charge in [-0.3, -0.25) is 0 Å². The molecular formula is C19H12Cl2N2O4S. The van der Waals surface area contributed by atoms with Gasteiger partial charge in [0, 0.05) is 16.1 Å². The topological polar surface area (TPSA) is 102 Å². The van der Waals surface area contributed by atoms with Gasteiger partial charge in [-0.2, -0.15) is 5.26 Å². The molecule has 0 radical (unpaired) electrons. The molecule has 6 nitrogen and oxygen atoms in total. The smallest absolute Gasteiger partial charge is 0.241 e. The van der Waals surface area contributed by atoms with Crippen LogP contribution in [0.3, 0.4) is 0 Å². The largest absolute Gasteiger partial charge is 0.456 e. The normalized spacial score (nSPS) is 10.9. The van der Waals surface area contributed by atoms with Crippen LogP contribution in [0.1, 0.15) is 5.56 Å². The molecule has 3 rings (SSSR count). The lowest BCUT2D eigenvalue weighted by Crippen LogP contribution is -2.14. The first-order chi connectivity index (χ1) is 13.3. The fraction of sp³-hybridized carbons (Fsp3) is 0. The molecule has 0 fully saturated rings. The summed E-state index contributed by atoms with van der Waals surface area (Å²) in [6.07, 6.45) is 0. The van der Waals surface area contributed by atoms with Crippen molar-refractivity contribution in [2.75, 3.05) is 0 Å². The SMILES string of the molecule is N#Cc1cc(S(N)(=O)=O)c(Oc2cccc(Cl)c2)cc1Oc1cccc(Cl)c1. The highest BCUT2D eigenvalue weighted by atomic mass is 35.5. The van der Waals surface area contributed by atoms with E-state index in [-0.39, 0.29) is 27.7 Å². The van der Waals surface area contributed by atoms with Crippen LogP contribution in [-0.4, -0.2) is 8.42 Å². The standard InChI is InChI=1S/C19H12Cl2N2O4S/c20-13-3-1-5-15(8-13)26-17-10-18(27-16-6-2-4-14(21)9-16)19(28(23,24)25)7-12(17)11-22/h1-10H,(H2,23,24,25). The molecule has 0 aliphatic carbocycles. The predicted molar refractivity (Wildman–Crippen MR) is 106 cm³/mol. The number of hydrogen-bond acceptors (Lipinski definition) is 5. The lowest BCUT2D eigenvalue weighted by Gasteiger charge is -2.14. The minimum atomic E-state index is -4.18. The third-order valence-electron chi connectivity index (χ3n) is 3.52. The number of halogens is 2. The number of primary sulfonamides is 1. The van der Waals surface area contributed by atoms with Crippen molar-refractivity contribution in [3.8, 4) is 29.1 Å². The number of rotatable bonds is 5. The predicted octanol–water partition coefficient (Wildman–Crippen LogP) is 5.10. The van der Waals surface area contributed by atoms with Crippen molar-refractivity contribution in [1.29, 1.82) is 5.26 Å². The van der Waals surface area contributed by atoms with E-state index in [2.05, 4.69) is 0 Å². The first-order valence-electron chi connectivity index (χ1n) is 7.74. The van der Waals surface area contributed by atoms with Gasteiger partial charge in [0.2, 0.25) is 10.0 Å².